The Morgan fingerprint density at radius 3 is 2.18 bits per heavy atom. The first-order valence-electron chi connectivity index (χ1n) is 4.71. The predicted octanol–water partition coefficient (Wildman–Crippen LogP) is 3.53. The van der Waals surface area contributed by atoms with Crippen LogP contribution in [0, 0.1) is 0 Å². The molecule has 0 unspecified atom stereocenters. The highest BCUT2D eigenvalue weighted by atomic mass is 15.4. The van der Waals surface area contributed by atoms with E-state index >= 15 is 0 Å². The third-order valence-electron chi connectivity index (χ3n) is 2.20. The second-order valence-corrected chi connectivity index (χ2v) is 3.58. The fourth-order valence-corrected chi connectivity index (χ4v) is 1.25. The fraction of sp³-hybridized carbons (Fsp3) is 1.00. The van der Waals surface area contributed by atoms with Gasteiger partial charge in [-0.15, -0.1) is 0 Å². The summed E-state index contributed by atoms with van der Waals surface area (Å²) in [5, 5.41) is 7.95. The molecule has 11 heavy (non-hydrogen) atoms. The maximum absolute atomic E-state index is 3.98. The van der Waals surface area contributed by atoms with E-state index in [0.717, 1.165) is 6.42 Å². The van der Waals surface area contributed by atoms with Crippen LogP contribution in [0.25, 0.3) is 0 Å². The van der Waals surface area contributed by atoms with Gasteiger partial charge < -0.3 is 0 Å². The largest absolute Gasteiger partial charge is 0.188 e. The molecule has 0 fully saturated rings. The molecule has 2 heteroatoms. The molecule has 0 aromatic heterocycles. The molecule has 1 aliphatic heterocycles. The molecule has 0 spiro atoms. The Kier molecular flexibility index (Phi) is 3.03. The summed E-state index contributed by atoms with van der Waals surface area (Å²) in [4.78, 5) is 0. The average Bonchev–Trinajstić information content (AvgIpc) is 2.69. The molecular formula is C9H18N2. The van der Waals surface area contributed by atoms with Gasteiger partial charge in [0.1, 0.15) is 0 Å². The van der Waals surface area contributed by atoms with Crippen LogP contribution >= 0.6 is 0 Å². The molecule has 0 aromatic carbocycles. The van der Waals surface area contributed by atoms with Gasteiger partial charge in [0.15, 0.2) is 5.66 Å². The maximum atomic E-state index is 3.98. The molecule has 0 saturated carbocycles. The molecule has 0 aliphatic carbocycles. The maximum Gasteiger partial charge on any atom is 0.188 e. The van der Waals surface area contributed by atoms with Crippen LogP contribution in [-0.2, 0) is 0 Å². The molecule has 0 N–H and O–H groups in total. The Morgan fingerprint density at radius 1 is 1.00 bits per heavy atom. The lowest BCUT2D eigenvalue weighted by Crippen LogP contribution is -2.02. The SMILES string of the molecule is CCCCCCCC1(C)N=N1. The van der Waals surface area contributed by atoms with Crippen LogP contribution in [0.4, 0.5) is 0 Å². The lowest BCUT2D eigenvalue weighted by molar-refractivity contribution is 0.527. The summed E-state index contributed by atoms with van der Waals surface area (Å²) in [5.41, 5.74) is 0.0478. The third-order valence-corrected chi connectivity index (χ3v) is 2.20. The number of hydrogen-bond acceptors (Lipinski definition) is 2. The van der Waals surface area contributed by atoms with Crippen molar-refractivity contribution < 1.29 is 0 Å². The minimum absolute atomic E-state index is 0.0478. The second kappa shape index (κ2) is 3.84. The van der Waals surface area contributed by atoms with Crippen LogP contribution in [0.3, 0.4) is 0 Å². The van der Waals surface area contributed by atoms with Gasteiger partial charge in [0.05, 0.1) is 0 Å². The fourth-order valence-electron chi connectivity index (χ4n) is 1.25. The molecule has 0 bridgehead atoms. The molecule has 1 rings (SSSR count). The number of rotatable bonds is 6. The van der Waals surface area contributed by atoms with Crippen LogP contribution in [-0.4, -0.2) is 5.66 Å². The predicted molar refractivity (Wildman–Crippen MR) is 46.6 cm³/mol. The molecule has 0 radical (unpaired) electrons. The van der Waals surface area contributed by atoms with E-state index in [4.69, 9.17) is 0 Å². The van der Waals surface area contributed by atoms with Crippen LogP contribution in [0.5, 0.6) is 0 Å². The van der Waals surface area contributed by atoms with E-state index in [2.05, 4.69) is 24.1 Å². The highest BCUT2D eigenvalue weighted by Gasteiger charge is 2.32. The van der Waals surface area contributed by atoms with Gasteiger partial charge >= 0.3 is 0 Å². The highest BCUT2D eigenvalue weighted by molar-refractivity contribution is 4.87. The van der Waals surface area contributed by atoms with E-state index in [1.807, 2.05) is 0 Å². The van der Waals surface area contributed by atoms with Crippen molar-refractivity contribution in [2.24, 2.45) is 10.2 Å². The molecule has 0 saturated heterocycles. The Morgan fingerprint density at radius 2 is 1.64 bits per heavy atom. The van der Waals surface area contributed by atoms with Crippen molar-refractivity contribution in [3.8, 4) is 0 Å². The summed E-state index contributed by atoms with van der Waals surface area (Å²) in [6.45, 7) is 4.35. The molecule has 2 nitrogen and oxygen atoms in total. The third kappa shape index (κ3) is 3.49. The summed E-state index contributed by atoms with van der Waals surface area (Å²) in [7, 11) is 0. The van der Waals surface area contributed by atoms with Gasteiger partial charge in [0.25, 0.3) is 0 Å². The van der Waals surface area contributed by atoms with E-state index in [-0.39, 0.29) is 5.66 Å². The summed E-state index contributed by atoms with van der Waals surface area (Å²) in [6.07, 6.45) is 7.90. The summed E-state index contributed by atoms with van der Waals surface area (Å²) < 4.78 is 0. The van der Waals surface area contributed by atoms with Gasteiger partial charge in [0, 0.05) is 0 Å². The van der Waals surface area contributed by atoms with Gasteiger partial charge in [-0.2, -0.15) is 10.2 Å². The normalized spacial score (nSPS) is 18.7. The van der Waals surface area contributed by atoms with Crippen molar-refractivity contribution in [1.82, 2.24) is 0 Å². The lowest BCUT2D eigenvalue weighted by Gasteiger charge is -2.02. The summed E-state index contributed by atoms with van der Waals surface area (Å²) >= 11 is 0. The zero-order chi connectivity index (χ0) is 8.16. The number of unbranched alkanes of at least 4 members (excludes halogenated alkanes) is 4. The molecule has 1 aliphatic rings. The van der Waals surface area contributed by atoms with Crippen molar-refractivity contribution in [1.29, 1.82) is 0 Å². The topological polar surface area (TPSA) is 24.7 Å². The number of nitrogens with zero attached hydrogens (tertiary/aromatic N) is 2. The Bertz CT molecular complexity index is 134. The molecule has 0 amide bonds. The van der Waals surface area contributed by atoms with E-state index in [9.17, 15) is 0 Å². The number of hydrogen-bond donors (Lipinski definition) is 0. The Hall–Kier alpha value is -0.400. The average molecular weight is 154 g/mol. The minimum Gasteiger partial charge on any atom is -0.159 e. The van der Waals surface area contributed by atoms with Crippen molar-refractivity contribution in [2.45, 2.75) is 58.0 Å². The van der Waals surface area contributed by atoms with Crippen molar-refractivity contribution in [3.63, 3.8) is 0 Å². The summed E-state index contributed by atoms with van der Waals surface area (Å²) in [5.74, 6) is 0. The first-order valence-corrected chi connectivity index (χ1v) is 4.71. The van der Waals surface area contributed by atoms with Crippen LogP contribution < -0.4 is 0 Å². The molecule has 64 valence electrons. The second-order valence-electron chi connectivity index (χ2n) is 3.58. The highest BCUT2D eigenvalue weighted by Crippen LogP contribution is 2.32. The lowest BCUT2D eigenvalue weighted by atomic mass is 10.1. The van der Waals surface area contributed by atoms with Crippen molar-refractivity contribution >= 4 is 0 Å². The van der Waals surface area contributed by atoms with Crippen LogP contribution in [0.1, 0.15) is 52.4 Å². The van der Waals surface area contributed by atoms with Gasteiger partial charge in [-0.25, -0.2) is 0 Å². The van der Waals surface area contributed by atoms with Crippen LogP contribution in [0.15, 0.2) is 10.2 Å². The van der Waals surface area contributed by atoms with E-state index in [1.165, 1.54) is 32.1 Å². The van der Waals surface area contributed by atoms with Crippen molar-refractivity contribution in [3.05, 3.63) is 0 Å². The van der Waals surface area contributed by atoms with E-state index < -0.39 is 0 Å². The van der Waals surface area contributed by atoms with Gasteiger partial charge in [-0.05, 0) is 19.8 Å². The zero-order valence-electron chi connectivity index (χ0n) is 7.64. The zero-order valence-corrected chi connectivity index (χ0v) is 7.64. The molecule has 0 atom stereocenters. The van der Waals surface area contributed by atoms with Gasteiger partial charge in [-0.1, -0.05) is 32.6 Å². The quantitative estimate of drug-likeness (QED) is 0.523. The van der Waals surface area contributed by atoms with E-state index in [1.54, 1.807) is 0 Å². The van der Waals surface area contributed by atoms with E-state index in [0.29, 0.717) is 0 Å². The van der Waals surface area contributed by atoms with Gasteiger partial charge in [0.2, 0.25) is 0 Å². The smallest absolute Gasteiger partial charge is 0.159 e. The minimum atomic E-state index is 0.0478. The van der Waals surface area contributed by atoms with Gasteiger partial charge in [-0.3, -0.25) is 0 Å². The molecule has 1 heterocycles. The summed E-state index contributed by atoms with van der Waals surface area (Å²) in [6, 6.07) is 0. The molecular weight excluding hydrogens is 136 g/mol. The Balaban J connectivity index is 1.81. The van der Waals surface area contributed by atoms with Crippen molar-refractivity contribution in [2.75, 3.05) is 0 Å². The van der Waals surface area contributed by atoms with Crippen LogP contribution in [0.2, 0.25) is 0 Å². The Labute approximate surface area is 69.1 Å². The standard InChI is InChI=1S/C9H18N2/c1-3-4-5-6-7-8-9(2)10-11-9/h3-8H2,1-2H3. The monoisotopic (exact) mass is 154 g/mol. The first-order chi connectivity index (χ1) is 5.27. The first kappa shape index (κ1) is 8.69. The molecule has 0 aromatic rings.